The van der Waals surface area contributed by atoms with E-state index in [4.69, 9.17) is 9.47 Å². The molecule has 1 N–H and O–H groups in total. The highest BCUT2D eigenvalue weighted by Crippen LogP contribution is 2.61. The summed E-state index contributed by atoms with van der Waals surface area (Å²) < 4.78 is 11.3. The van der Waals surface area contributed by atoms with Crippen LogP contribution in [-0.4, -0.2) is 24.4 Å². The Morgan fingerprint density at radius 1 is 0.958 bits per heavy atom. The van der Waals surface area contributed by atoms with Gasteiger partial charge in [0, 0.05) is 0 Å². The molecule has 0 aromatic heterocycles. The Balaban J connectivity index is 1.27. The van der Waals surface area contributed by atoms with Crippen molar-refractivity contribution in [2.24, 2.45) is 23.2 Å². The first-order valence-corrected chi connectivity index (χ1v) is 9.77. The third-order valence-corrected chi connectivity index (χ3v) is 7.11. The molecule has 4 bridgehead atoms. The third kappa shape index (κ3) is 2.52. The van der Waals surface area contributed by atoms with Crippen LogP contribution in [0.2, 0.25) is 0 Å². The summed E-state index contributed by atoms with van der Waals surface area (Å²) in [7, 11) is 0. The second-order valence-electron chi connectivity index (χ2n) is 8.81. The molecule has 24 heavy (non-hydrogen) atoms. The molecule has 1 aliphatic heterocycles. The molecule has 0 spiro atoms. The lowest BCUT2D eigenvalue weighted by Crippen LogP contribution is -2.51. The summed E-state index contributed by atoms with van der Waals surface area (Å²) in [5.41, 5.74) is 1.49. The highest BCUT2D eigenvalue weighted by atomic mass is 16.6. The van der Waals surface area contributed by atoms with Crippen molar-refractivity contribution in [1.29, 1.82) is 0 Å². The average molecular weight is 328 g/mol. The van der Waals surface area contributed by atoms with Gasteiger partial charge >= 0.3 is 0 Å². The molecule has 4 fully saturated rings. The lowest BCUT2D eigenvalue weighted by Gasteiger charge is -2.58. The van der Waals surface area contributed by atoms with Gasteiger partial charge in [-0.15, -0.1) is 0 Å². The fraction of sp³-hybridized carbons (Fsp3) is 0.714. The van der Waals surface area contributed by atoms with E-state index >= 15 is 0 Å². The van der Waals surface area contributed by atoms with Crippen LogP contribution in [0.4, 0.5) is 0 Å². The molecule has 0 unspecified atom stereocenters. The minimum absolute atomic E-state index is 0.140. The second-order valence-corrected chi connectivity index (χ2v) is 8.81. The van der Waals surface area contributed by atoms with Gasteiger partial charge in [0.05, 0.1) is 6.10 Å². The molecule has 6 rings (SSSR count). The predicted octanol–water partition coefficient (Wildman–Crippen LogP) is 3.97. The molecule has 1 atom stereocenters. The van der Waals surface area contributed by atoms with Gasteiger partial charge in [-0.1, -0.05) is 6.07 Å². The molecule has 3 nitrogen and oxygen atoms in total. The number of benzene rings is 1. The normalized spacial score (nSPS) is 37.5. The van der Waals surface area contributed by atoms with Crippen molar-refractivity contribution in [1.82, 2.24) is 0 Å². The number of rotatable bonds is 4. The van der Waals surface area contributed by atoms with E-state index in [9.17, 15) is 5.11 Å². The zero-order chi connectivity index (χ0) is 16.1. The highest BCUT2D eigenvalue weighted by Gasteiger charge is 2.53. The molecular weight excluding hydrogens is 300 g/mol. The summed E-state index contributed by atoms with van der Waals surface area (Å²) in [6.45, 7) is 1.27. The van der Waals surface area contributed by atoms with Crippen molar-refractivity contribution in [2.75, 3.05) is 13.2 Å². The molecule has 130 valence electrons. The van der Waals surface area contributed by atoms with E-state index in [0.717, 1.165) is 42.1 Å². The van der Waals surface area contributed by atoms with E-state index in [2.05, 4.69) is 12.1 Å². The van der Waals surface area contributed by atoms with E-state index in [0.29, 0.717) is 13.2 Å². The van der Waals surface area contributed by atoms with Crippen LogP contribution in [0.5, 0.6) is 11.5 Å². The maximum absolute atomic E-state index is 11.1. The number of fused-ring (bicyclic) bond motifs is 1. The molecule has 1 aromatic carbocycles. The minimum atomic E-state index is -0.140. The topological polar surface area (TPSA) is 38.7 Å². The number of hydrogen-bond donors (Lipinski definition) is 1. The Labute approximate surface area is 144 Å². The maximum Gasteiger partial charge on any atom is 0.161 e. The van der Waals surface area contributed by atoms with Gasteiger partial charge in [0.15, 0.2) is 11.5 Å². The SMILES string of the molecule is O[C@@H](CCc1ccc2c(c1)OCCO2)C12CC3CC(CC(C3)C1)C2. The Morgan fingerprint density at radius 2 is 1.58 bits per heavy atom. The number of aliphatic hydroxyl groups excluding tert-OH is 1. The van der Waals surface area contributed by atoms with Crippen molar-refractivity contribution >= 4 is 0 Å². The average Bonchev–Trinajstić information content (AvgIpc) is 2.58. The molecule has 3 heteroatoms. The molecule has 0 amide bonds. The Morgan fingerprint density at radius 3 is 2.25 bits per heavy atom. The second kappa shape index (κ2) is 5.66. The minimum Gasteiger partial charge on any atom is -0.486 e. The van der Waals surface area contributed by atoms with Crippen molar-refractivity contribution in [3.8, 4) is 11.5 Å². The van der Waals surface area contributed by atoms with E-state index in [1.165, 1.54) is 44.1 Å². The smallest absolute Gasteiger partial charge is 0.161 e. The molecular formula is C21H28O3. The van der Waals surface area contributed by atoms with Gasteiger partial charge in [-0.2, -0.15) is 0 Å². The standard InChI is InChI=1S/C21H28O3/c22-20(21-11-15-7-16(12-21)9-17(8-15)13-21)4-2-14-1-3-18-19(10-14)24-6-5-23-18/h1,3,10,15-17,20,22H,2,4-9,11-13H2/t15?,16?,17?,20-,21?/m0/s1. The van der Waals surface area contributed by atoms with Crippen molar-refractivity contribution in [3.63, 3.8) is 0 Å². The molecule has 5 aliphatic rings. The summed E-state index contributed by atoms with van der Waals surface area (Å²) >= 11 is 0. The van der Waals surface area contributed by atoms with E-state index in [1.807, 2.05) is 6.07 Å². The quantitative estimate of drug-likeness (QED) is 0.909. The van der Waals surface area contributed by atoms with E-state index < -0.39 is 0 Å². The molecule has 0 saturated heterocycles. The Bertz CT molecular complexity index is 588. The van der Waals surface area contributed by atoms with Crippen LogP contribution in [-0.2, 0) is 6.42 Å². The van der Waals surface area contributed by atoms with Gasteiger partial charge in [-0.25, -0.2) is 0 Å². The van der Waals surface area contributed by atoms with Gasteiger partial charge < -0.3 is 14.6 Å². The fourth-order valence-electron chi connectivity index (χ4n) is 6.44. The predicted molar refractivity (Wildman–Crippen MR) is 92.4 cm³/mol. The number of aliphatic hydroxyl groups is 1. The summed E-state index contributed by atoms with van der Waals surface area (Å²) in [5.74, 6) is 4.43. The van der Waals surface area contributed by atoms with E-state index in [-0.39, 0.29) is 11.5 Å². The first-order valence-electron chi connectivity index (χ1n) is 9.77. The van der Waals surface area contributed by atoms with E-state index in [1.54, 1.807) is 0 Å². The van der Waals surface area contributed by atoms with Gasteiger partial charge in [0.1, 0.15) is 13.2 Å². The zero-order valence-corrected chi connectivity index (χ0v) is 14.4. The van der Waals surface area contributed by atoms with Gasteiger partial charge in [-0.3, -0.25) is 0 Å². The van der Waals surface area contributed by atoms with Crippen LogP contribution in [0.15, 0.2) is 18.2 Å². The first-order chi connectivity index (χ1) is 11.7. The lowest BCUT2D eigenvalue weighted by atomic mass is 9.48. The largest absolute Gasteiger partial charge is 0.486 e. The van der Waals surface area contributed by atoms with Gasteiger partial charge in [-0.05, 0) is 92.2 Å². The number of aryl methyl sites for hydroxylation is 1. The van der Waals surface area contributed by atoms with Crippen LogP contribution < -0.4 is 9.47 Å². The molecule has 1 aromatic rings. The maximum atomic E-state index is 11.1. The van der Waals surface area contributed by atoms with Crippen molar-refractivity contribution in [2.45, 2.75) is 57.5 Å². The van der Waals surface area contributed by atoms with Crippen LogP contribution in [0.25, 0.3) is 0 Å². The van der Waals surface area contributed by atoms with Gasteiger partial charge in [0.25, 0.3) is 0 Å². The van der Waals surface area contributed by atoms with Gasteiger partial charge in [0.2, 0.25) is 0 Å². The van der Waals surface area contributed by atoms with Crippen LogP contribution in [0, 0.1) is 23.2 Å². The highest BCUT2D eigenvalue weighted by molar-refractivity contribution is 5.43. The molecule has 1 heterocycles. The lowest BCUT2D eigenvalue weighted by molar-refractivity contribution is -0.121. The Hall–Kier alpha value is -1.22. The fourth-order valence-corrected chi connectivity index (χ4v) is 6.44. The number of ether oxygens (including phenoxy) is 2. The van der Waals surface area contributed by atoms with Crippen molar-refractivity contribution < 1.29 is 14.6 Å². The third-order valence-electron chi connectivity index (χ3n) is 7.11. The zero-order valence-electron chi connectivity index (χ0n) is 14.4. The van der Waals surface area contributed by atoms with Crippen LogP contribution >= 0.6 is 0 Å². The summed E-state index contributed by atoms with van der Waals surface area (Å²) in [4.78, 5) is 0. The first kappa shape index (κ1) is 15.1. The van der Waals surface area contributed by atoms with Crippen LogP contribution in [0.3, 0.4) is 0 Å². The summed E-state index contributed by atoms with van der Waals surface area (Å²) in [6.07, 6.45) is 9.82. The molecule has 0 radical (unpaired) electrons. The molecule has 4 aliphatic carbocycles. The molecule has 4 saturated carbocycles. The number of hydrogen-bond acceptors (Lipinski definition) is 3. The monoisotopic (exact) mass is 328 g/mol. The Kier molecular flexibility index (Phi) is 3.55. The summed E-state index contributed by atoms with van der Waals surface area (Å²) in [6, 6.07) is 6.24. The summed E-state index contributed by atoms with van der Waals surface area (Å²) in [5, 5.41) is 11.1. The van der Waals surface area contributed by atoms with Crippen LogP contribution in [0.1, 0.15) is 50.5 Å². The van der Waals surface area contributed by atoms with Crippen molar-refractivity contribution in [3.05, 3.63) is 23.8 Å².